The van der Waals surface area contributed by atoms with E-state index in [1.165, 1.54) is 12.6 Å². The molecule has 3 rings (SSSR count). The van der Waals surface area contributed by atoms with Crippen LogP contribution >= 0.6 is 0 Å². The summed E-state index contributed by atoms with van der Waals surface area (Å²) in [6, 6.07) is 1.79. The Labute approximate surface area is 106 Å². The van der Waals surface area contributed by atoms with Gasteiger partial charge in [0, 0.05) is 19.3 Å². The molecule has 91 valence electrons. The number of fused-ring (bicyclic) bond motifs is 1. The zero-order valence-electron chi connectivity index (χ0n) is 10.2. The maximum absolute atomic E-state index is 11.6. The lowest BCUT2D eigenvalue weighted by Gasteiger charge is -2.32. The molecule has 1 aromatic rings. The second kappa shape index (κ2) is 4.44. The molecule has 6 heteroatoms. The number of esters is 1. The standard InChI is InChI=1S/C12H13BN3O2/c1-2-18-11(17)8-6-9-10(14-7-8)15-12(13-9)16-4-3-5-16/h6-7H,2-5H2,1H3. The summed E-state index contributed by atoms with van der Waals surface area (Å²) in [7, 11) is 1.98. The Kier molecular flexibility index (Phi) is 2.78. The maximum Gasteiger partial charge on any atom is 0.339 e. The number of likely N-dealkylation sites (tertiary alicyclic amines) is 1. The number of carbonyl (C=O) groups excluding carboxylic acids is 1. The Bertz CT molecular complexity index is 526. The molecule has 0 saturated carbocycles. The van der Waals surface area contributed by atoms with E-state index >= 15 is 0 Å². The van der Waals surface area contributed by atoms with Crippen molar-refractivity contribution in [2.75, 3.05) is 19.7 Å². The van der Waals surface area contributed by atoms with Crippen molar-refractivity contribution in [3.63, 3.8) is 0 Å². The zero-order chi connectivity index (χ0) is 12.5. The number of pyridine rings is 1. The minimum absolute atomic E-state index is 0.335. The van der Waals surface area contributed by atoms with E-state index in [1.54, 1.807) is 13.0 Å². The first-order valence-corrected chi connectivity index (χ1v) is 6.13. The van der Waals surface area contributed by atoms with Gasteiger partial charge in [-0.15, -0.1) is 0 Å². The first-order chi connectivity index (χ1) is 8.78. The molecule has 3 heterocycles. The van der Waals surface area contributed by atoms with Gasteiger partial charge in [0.25, 0.3) is 0 Å². The van der Waals surface area contributed by atoms with Crippen LogP contribution in [0.25, 0.3) is 0 Å². The van der Waals surface area contributed by atoms with Gasteiger partial charge in [0.1, 0.15) is 5.82 Å². The van der Waals surface area contributed by atoms with E-state index in [0.29, 0.717) is 18.0 Å². The first kappa shape index (κ1) is 11.3. The van der Waals surface area contributed by atoms with Gasteiger partial charge in [-0.3, -0.25) is 0 Å². The predicted molar refractivity (Wildman–Crippen MR) is 68.9 cm³/mol. The summed E-state index contributed by atoms with van der Waals surface area (Å²) < 4.78 is 4.95. The van der Waals surface area contributed by atoms with Crippen LogP contribution in [-0.2, 0) is 4.74 Å². The van der Waals surface area contributed by atoms with Gasteiger partial charge in [-0.25, -0.2) is 14.8 Å². The third kappa shape index (κ3) is 1.87. The number of amidine groups is 1. The molecule has 0 atom stereocenters. The second-order valence-electron chi connectivity index (χ2n) is 4.31. The lowest BCUT2D eigenvalue weighted by Crippen LogP contribution is -2.45. The molecule has 0 amide bonds. The van der Waals surface area contributed by atoms with E-state index in [2.05, 4.69) is 14.9 Å². The molecule has 5 nitrogen and oxygen atoms in total. The van der Waals surface area contributed by atoms with E-state index in [4.69, 9.17) is 4.74 Å². The van der Waals surface area contributed by atoms with Crippen LogP contribution in [0.15, 0.2) is 17.3 Å². The average molecular weight is 242 g/mol. The van der Waals surface area contributed by atoms with Gasteiger partial charge in [-0.05, 0) is 24.9 Å². The van der Waals surface area contributed by atoms with Gasteiger partial charge in [-0.1, -0.05) is 0 Å². The summed E-state index contributed by atoms with van der Waals surface area (Å²) in [6.45, 7) is 4.26. The Morgan fingerprint density at radius 1 is 1.56 bits per heavy atom. The van der Waals surface area contributed by atoms with Crippen molar-refractivity contribution in [3.05, 3.63) is 17.8 Å². The number of hydrogen-bond acceptors (Lipinski definition) is 5. The summed E-state index contributed by atoms with van der Waals surface area (Å²) >= 11 is 0. The summed E-state index contributed by atoms with van der Waals surface area (Å²) in [4.78, 5) is 22.5. The van der Waals surface area contributed by atoms with E-state index in [1.807, 2.05) is 7.28 Å². The predicted octanol–water partition coefficient (Wildman–Crippen LogP) is 0.295. The van der Waals surface area contributed by atoms with Gasteiger partial charge in [0.05, 0.1) is 17.9 Å². The third-order valence-corrected chi connectivity index (χ3v) is 3.09. The molecule has 1 radical (unpaired) electrons. The molecular formula is C12H13BN3O2. The number of hydrogen-bond donors (Lipinski definition) is 0. The zero-order valence-corrected chi connectivity index (χ0v) is 10.2. The number of ether oxygens (including phenoxy) is 1. The van der Waals surface area contributed by atoms with Crippen LogP contribution in [0.5, 0.6) is 0 Å². The highest BCUT2D eigenvalue weighted by molar-refractivity contribution is 6.87. The van der Waals surface area contributed by atoms with Gasteiger partial charge < -0.3 is 9.64 Å². The van der Waals surface area contributed by atoms with Crippen molar-refractivity contribution in [1.82, 2.24) is 9.88 Å². The van der Waals surface area contributed by atoms with E-state index in [-0.39, 0.29) is 5.97 Å². The van der Waals surface area contributed by atoms with E-state index in [0.717, 1.165) is 24.3 Å². The smallest absolute Gasteiger partial charge is 0.339 e. The SMILES string of the molecule is CCOC(=O)c1cnc2c(c1)[B]C(N1CCC1)=N2. The Balaban J connectivity index is 1.79. The number of carbonyl (C=O) groups is 1. The van der Waals surface area contributed by atoms with Gasteiger partial charge in [0.2, 0.25) is 7.28 Å². The number of nitrogens with zero attached hydrogens (tertiary/aromatic N) is 3. The molecule has 2 aliphatic rings. The van der Waals surface area contributed by atoms with E-state index in [9.17, 15) is 4.79 Å². The summed E-state index contributed by atoms with van der Waals surface area (Å²) in [5.41, 5.74) is 2.32. The molecule has 0 bridgehead atoms. The fraction of sp³-hybridized carbons (Fsp3) is 0.417. The first-order valence-electron chi connectivity index (χ1n) is 6.13. The molecule has 2 aliphatic heterocycles. The quantitative estimate of drug-likeness (QED) is 0.552. The van der Waals surface area contributed by atoms with Gasteiger partial charge in [0.15, 0.2) is 0 Å². The maximum atomic E-state index is 11.6. The highest BCUT2D eigenvalue weighted by Crippen LogP contribution is 2.17. The van der Waals surface area contributed by atoms with Crippen molar-refractivity contribution in [3.8, 4) is 0 Å². The largest absolute Gasteiger partial charge is 0.462 e. The number of aliphatic imine (C=N–C) groups is 1. The third-order valence-electron chi connectivity index (χ3n) is 3.09. The van der Waals surface area contributed by atoms with Crippen LogP contribution in [0.3, 0.4) is 0 Å². The lowest BCUT2D eigenvalue weighted by atomic mass is 9.69. The molecule has 0 aromatic carbocycles. The Hall–Kier alpha value is -1.85. The monoisotopic (exact) mass is 242 g/mol. The number of rotatable bonds is 2. The van der Waals surface area contributed by atoms with Crippen LogP contribution in [-0.4, -0.2) is 48.6 Å². The lowest BCUT2D eigenvalue weighted by molar-refractivity contribution is 0.0526. The fourth-order valence-corrected chi connectivity index (χ4v) is 1.99. The van der Waals surface area contributed by atoms with Crippen molar-refractivity contribution < 1.29 is 9.53 Å². The van der Waals surface area contributed by atoms with Crippen LogP contribution in [0.4, 0.5) is 5.82 Å². The topological polar surface area (TPSA) is 54.8 Å². The molecule has 0 unspecified atom stereocenters. The fourth-order valence-electron chi connectivity index (χ4n) is 1.99. The normalized spacial score (nSPS) is 16.5. The van der Waals surface area contributed by atoms with Crippen LogP contribution in [0.1, 0.15) is 23.7 Å². The molecular weight excluding hydrogens is 229 g/mol. The molecule has 1 aromatic heterocycles. The molecule has 1 saturated heterocycles. The van der Waals surface area contributed by atoms with Crippen molar-refractivity contribution in [2.45, 2.75) is 13.3 Å². The Morgan fingerprint density at radius 3 is 3.06 bits per heavy atom. The van der Waals surface area contributed by atoms with Crippen molar-refractivity contribution >= 4 is 30.3 Å². The van der Waals surface area contributed by atoms with Gasteiger partial charge in [-0.2, -0.15) is 0 Å². The number of aromatic nitrogens is 1. The van der Waals surface area contributed by atoms with Crippen LogP contribution in [0.2, 0.25) is 0 Å². The highest BCUT2D eigenvalue weighted by atomic mass is 16.5. The minimum atomic E-state index is -0.335. The summed E-state index contributed by atoms with van der Waals surface area (Å²) in [6.07, 6.45) is 2.73. The summed E-state index contributed by atoms with van der Waals surface area (Å²) in [5.74, 6) is 0.351. The minimum Gasteiger partial charge on any atom is -0.462 e. The highest BCUT2D eigenvalue weighted by Gasteiger charge is 2.26. The molecule has 0 aliphatic carbocycles. The molecule has 0 N–H and O–H groups in total. The average Bonchev–Trinajstić information content (AvgIpc) is 2.68. The molecule has 1 fully saturated rings. The Morgan fingerprint density at radius 2 is 2.39 bits per heavy atom. The second-order valence-corrected chi connectivity index (χ2v) is 4.31. The van der Waals surface area contributed by atoms with E-state index < -0.39 is 0 Å². The van der Waals surface area contributed by atoms with Crippen LogP contribution < -0.4 is 5.46 Å². The van der Waals surface area contributed by atoms with Gasteiger partial charge >= 0.3 is 5.97 Å². The van der Waals surface area contributed by atoms with Crippen molar-refractivity contribution in [2.24, 2.45) is 4.99 Å². The summed E-state index contributed by atoms with van der Waals surface area (Å²) in [5, 5.41) is 0. The van der Waals surface area contributed by atoms with Crippen molar-refractivity contribution in [1.29, 1.82) is 0 Å². The van der Waals surface area contributed by atoms with Crippen LogP contribution in [0, 0.1) is 0 Å². The molecule has 18 heavy (non-hydrogen) atoms. The molecule has 0 spiro atoms.